The van der Waals surface area contributed by atoms with Crippen LogP contribution in [0.5, 0.6) is 0 Å². The zero-order valence-corrected chi connectivity index (χ0v) is 22.9. The third-order valence-corrected chi connectivity index (χ3v) is 8.07. The summed E-state index contributed by atoms with van der Waals surface area (Å²) in [6.07, 6.45) is 3.52. The smallest absolute Gasteiger partial charge is 0.251 e. The summed E-state index contributed by atoms with van der Waals surface area (Å²) in [6, 6.07) is 22.1. The number of carbonyl (C=O) groups excluding carboxylic acids is 2. The molecule has 210 valence electrons. The average Bonchev–Trinajstić information content (AvgIpc) is 3.41. The van der Waals surface area contributed by atoms with Gasteiger partial charge in [0.1, 0.15) is 11.5 Å². The van der Waals surface area contributed by atoms with E-state index < -0.39 is 0 Å². The Morgan fingerprint density at radius 3 is 2.61 bits per heavy atom. The van der Waals surface area contributed by atoms with Crippen molar-refractivity contribution in [2.45, 2.75) is 32.2 Å². The van der Waals surface area contributed by atoms with Crippen LogP contribution in [0.25, 0.3) is 11.3 Å². The normalized spacial score (nSPS) is 15.7. The predicted molar refractivity (Wildman–Crippen MR) is 155 cm³/mol. The standard InChI is InChI=1S/C32H33FN6O2/c33-26-8-4-7-24(18-26)21-39-29-19-25(9-10-27(29)31-28(20-30(39)40)35-37-36-31)32(41)34-13-16-38-14-11-23(12-15-38)17-22-5-2-1-3-6-22/h1-10,18-19,23H,11-17,20-21H2,(H,34,41)(H,35,36,37). The van der Waals surface area contributed by atoms with Gasteiger partial charge in [0.2, 0.25) is 5.91 Å². The first-order chi connectivity index (χ1) is 20.0. The maximum atomic E-state index is 13.9. The van der Waals surface area contributed by atoms with Crippen LogP contribution in [0, 0.1) is 11.7 Å². The Balaban J connectivity index is 1.11. The second-order valence-corrected chi connectivity index (χ2v) is 10.9. The molecule has 0 aliphatic carbocycles. The highest BCUT2D eigenvalue weighted by Gasteiger charge is 2.29. The van der Waals surface area contributed by atoms with Gasteiger partial charge in [0.05, 0.1) is 24.3 Å². The molecule has 1 fully saturated rings. The number of anilines is 1. The first-order valence-corrected chi connectivity index (χ1v) is 14.2. The van der Waals surface area contributed by atoms with E-state index in [9.17, 15) is 14.0 Å². The molecule has 0 radical (unpaired) electrons. The highest BCUT2D eigenvalue weighted by molar-refractivity contribution is 6.04. The van der Waals surface area contributed by atoms with Crippen LogP contribution in [0.3, 0.4) is 0 Å². The van der Waals surface area contributed by atoms with Gasteiger partial charge in [0, 0.05) is 24.2 Å². The van der Waals surface area contributed by atoms with Gasteiger partial charge < -0.3 is 15.1 Å². The van der Waals surface area contributed by atoms with Crippen LogP contribution in [0.4, 0.5) is 10.1 Å². The Bertz CT molecular complexity index is 1530. The Labute approximate surface area is 238 Å². The predicted octanol–water partition coefficient (Wildman–Crippen LogP) is 4.38. The van der Waals surface area contributed by atoms with E-state index >= 15 is 0 Å². The fraction of sp³-hybridized carbons (Fsp3) is 0.312. The van der Waals surface area contributed by atoms with Crippen molar-refractivity contribution >= 4 is 17.5 Å². The second-order valence-electron chi connectivity index (χ2n) is 10.9. The molecule has 1 saturated heterocycles. The minimum Gasteiger partial charge on any atom is -0.351 e. The van der Waals surface area contributed by atoms with Gasteiger partial charge in [-0.1, -0.05) is 47.7 Å². The quantitative estimate of drug-likeness (QED) is 0.338. The molecule has 2 N–H and O–H groups in total. The van der Waals surface area contributed by atoms with E-state index in [0.717, 1.165) is 38.9 Å². The molecule has 2 aliphatic rings. The van der Waals surface area contributed by atoms with Crippen molar-refractivity contribution in [3.63, 3.8) is 0 Å². The Kier molecular flexibility index (Phi) is 7.86. The van der Waals surface area contributed by atoms with E-state index in [-0.39, 0.29) is 30.6 Å². The summed E-state index contributed by atoms with van der Waals surface area (Å²) in [5, 5.41) is 14.0. The van der Waals surface area contributed by atoms with E-state index in [1.807, 2.05) is 0 Å². The summed E-state index contributed by atoms with van der Waals surface area (Å²) < 4.78 is 13.9. The van der Waals surface area contributed by atoms with E-state index in [0.29, 0.717) is 46.2 Å². The lowest BCUT2D eigenvalue weighted by molar-refractivity contribution is -0.118. The molecule has 3 aromatic carbocycles. The molecule has 4 aromatic rings. The summed E-state index contributed by atoms with van der Waals surface area (Å²) in [5.74, 6) is -0.0520. The number of likely N-dealkylation sites (tertiary alicyclic amines) is 1. The molecule has 2 amide bonds. The zero-order valence-electron chi connectivity index (χ0n) is 22.9. The minimum atomic E-state index is -0.366. The van der Waals surface area contributed by atoms with Gasteiger partial charge in [0.15, 0.2) is 0 Å². The number of rotatable bonds is 8. The summed E-state index contributed by atoms with van der Waals surface area (Å²) >= 11 is 0. The number of aromatic nitrogens is 3. The number of nitrogens with one attached hydrogen (secondary N) is 2. The molecule has 41 heavy (non-hydrogen) atoms. The molecule has 6 rings (SSSR count). The van der Waals surface area contributed by atoms with Gasteiger partial charge >= 0.3 is 0 Å². The Morgan fingerprint density at radius 2 is 1.80 bits per heavy atom. The molecule has 9 heteroatoms. The molecular weight excluding hydrogens is 519 g/mol. The third kappa shape index (κ3) is 6.20. The number of aromatic amines is 1. The summed E-state index contributed by atoms with van der Waals surface area (Å²) in [5.41, 5.74) is 4.96. The molecular formula is C32H33FN6O2. The Morgan fingerprint density at radius 1 is 1.00 bits per heavy atom. The van der Waals surface area contributed by atoms with Crippen molar-refractivity contribution in [3.8, 4) is 11.3 Å². The highest BCUT2D eigenvalue weighted by atomic mass is 19.1. The number of piperidine rings is 1. The van der Waals surface area contributed by atoms with Crippen LogP contribution in [0.2, 0.25) is 0 Å². The first-order valence-electron chi connectivity index (χ1n) is 14.2. The molecule has 0 atom stereocenters. The molecule has 1 aromatic heterocycles. The zero-order chi connectivity index (χ0) is 28.2. The van der Waals surface area contributed by atoms with Crippen molar-refractivity contribution in [1.82, 2.24) is 25.6 Å². The van der Waals surface area contributed by atoms with Gasteiger partial charge in [-0.15, -0.1) is 5.10 Å². The maximum absolute atomic E-state index is 13.9. The lowest BCUT2D eigenvalue weighted by Gasteiger charge is -2.32. The van der Waals surface area contributed by atoms with Crippen molar-refractivity contribution < 1.29 is 14.0 Å². The third-order valence-electron chi connectivity index (χ3n) is 8.07. The lowest BCUT2D eigenvalue weighted by Crippen LogP contribution is -2.40. The number of H-pyrrole nitrogens is 1. The van der Waals surface area contributed by atoms with E-state index in [4.69, 9.17) is 0 Å². The SMILES string of the molecule is O=C(NCCN1CCC(Cc2ccccc2)CC1)c1ccc2c(c1)N(Cc1cccc(F)c1)C(=O)Cc1[nH]nnc1-2. The number of benzene rings is 3. The number of hydrogen-bond acceptors (Lipinski definition) is 5. The fourth-order valence-corrected chi connectivity index (χ4v) is 5.85. The van der Waals surface area contributed by atoms with Crippen LogP contribution in [-0.4, -0.2) is 58.3 Å². The largest absolute Gasteiger partial charge is 0.351 e. The summed E-state index contributed by atoms with van der Waals surface area (Å²) in [6.45, 7) is 3.57. The van der Waals surface area contributed by atoms with E-state index in [1.165, 1.54) is 17.7 Å². The Hall–Kier alpha value is -4.37. The number of amides is 2. The van der Waals surface area contributed by atoms with Gasteiger partial charge in [-0.2, -0.15) is 0 Å². The van der Waals surface area contributed by atoms with Crippen molar-refractivity contribution in [2.24, 2.45) is 5.92 Å². The maximum Gasteiger partial charge on any atom is 0.251 e. The van der Waals surface area contributed by atoms with Gasteiger partial charge in [0.25, 0.3) is 5.91 Å². The molecule has 8 nitrogen and oxygen atoms in total. The second kappa shape index (κ2) is 12.0. The molecule has 0 saturated carbocycles. The van der Waals surface area contributed by atoms with Gasteiger partial charge in [-0.05, 0) is 79.7 Å². The van der Waals surface area contributed by atoms with Crippen molar-refractivity contribution in [3.05, 3.63) is 101 Å². The minimum absolute atomic E-state index is 0.0793. The summed E-state index contributed by atoms with van der Waals surface area (Å²) in [7, 11) is 0. The van der Waals surface area contributed by atoms with Crippen LogP contribution >= 0.6 is 0 Å². The average molecular weight is 553 g/mol. The number of nitrogens with zero attached hydrogens (tertiary/aromatic N) is 4. The van der Waals surface area contributed by atoms with E-state index in [1.54, 1.807) is 35.2 Å². The number of hydrogen-bond donors (Lipinski definition) is 2. The van der Waals surface area contributed by atoms with E-state index in [2.05, 4.69) is 56.0 Å². The monoisotopic (exact) mass is 552 g/mol. The first kappa shape index (κ1) is 26.8. The molecule has 2 aliphatic heterocycles. The van der Waals surface area contributed by atoms with Crippen LogP contribution in [-0.2, 0) is 24.2 Å². The van der Waals surface area contributed by atoms with Crippen LogP contribution in [0.15, 0.2) is 72.8 Å². The topological polar surface area (TPSA) is 94.2 Å². The van der Waals surface area contributed by atoms with Crippen molar-refractivity contribution in [2.75, 3.05) is 31.1 Å². The number of fused-ring (bicyclic) bond motifs is 3. The van der Waals surface area contributed by atoms with Crippen LogP contribution in [0.1, 0.15) is 40.0 Å². The molecule has 3 heterocycles. The summed E-state index contributed by atoms with van der Waals surface area (Å²) in [4.78, 5) is 30.5. The number of carbonyl (C=O) groups is 2. The molecule has 0 spiro atoms. The lowest BCUT2D eigenvalue weighted by atomic mass is 9.90. The highest BCUT2D eigenvalue weighted by Crippen LogP contribution is 2.36. The number of halogens is 1. The van der Waals surface area contributed by atoms with Crippen LogP contribution < -0.4 is 10.2 Å². The molecule has 0 unspecified atom stereocenters. The van der Waals surface area contributed by atoms with Gasteiger partial charge in [-0.3, -0.25) is 14.7 Å². The van der Waals surface area contributed by atoms with Crippen molar-refractivity contribution in [1.29, 1.82) is 0 Å². The molecule has 0 bridgehead atoms. The fourth-order valence-electron chi connectivity index (χ4n) is 5.85. The van der Waals surface area contributed by atoms with Gasteiger partial charge in [-0.25, -0.2) is 4.39 Å².